The van der Waals surface area contributed by atoms with Gasteiger partial charge in [-0.05, 0) is 56.4 Å². The minimum Gasteiger partial charge on any atom is -0.494 e. The Labute approximate surface area is 230 Å². The monoisotopic (exact) mass is 551 g/mol. The van der Waals surface area contributed by atoms with Crippen molar-refractivity contribution in [2.45, 2.75) is 13.3 Å². The number of halogens is 2. The number of carbonyl (C=O) groups excluding carboxylic acids is 2. The summed E-state index contributed by atoms with van der Waals surface area (Å²) in [6.45, 7) is 3.00. The van der Waals surface area contributed by atoms with Gasteiger partial charge in [0.15, 0.2) is 23.0 Å². The van der Waals surface area contributed by atoms with Crippen LogP contribution in [0.15, 0.2) is 48.9 Å². The highest BCUT2D eigenvalue weighted by Crippen LogP contribution is 2.31. The Bertz CT molecular complexity index is 1540. The second-order valence-electron chi connectivity index (χ2n) is 9.24. The molecule has 10 nitrogen and oxygen atoms in total. The molecule has 0 aliphatic rings. The van der Waals surface area contributed by atoms with Crippen molar-refractivity contribution in [2.75, 3.05) is 46.2 Å². The molecular formula is C28H31F2N7O3. The summed E-state index contributed by atoms with van der Waals surface area (Å²) >= 11 is 0. The summed E-state index contributed by atoms with van der Waals surface area (Å²) < 4.78 is 35.6. The van der Waals surface area contributed by atoms with Gasteiger partial charge >= 0.3 is 0 Å². The first kappa shape index (κ1) is 28.4. The van der Waals surface area contributed by atoms with Gasteiger partial charge in [-0.2, -0.15) is 4.39 Å². The largest absolute Gasteiger partial charge is 0.494 e. The van der Waals surface area contributed by atoms with Crippen LogP contribution < -0.4 is 20.7 Å². The van der Waals surface area contributed by atoms with E-state index < -0.39 is 11.6 Å². The third-order valence-electron chi connectivity index (χ3n) is 6.25. The summed E-state index contributed by atoms with van der Waals surface area (Å²) in [7, 11) is 5.09. The summed E-state index contributed by atoms with van der Waals surface area (Å²) in [6, 6.07) is 8.00. The summed E-state index contributed by atoms with van der Waals surface area (Å²) in [5, 5.41) is 8.62. The molecule has 2 amide bonds. The number of ether oxygens (including phenoxy) is 1. The number of hydrogen-bond acceptors (Lipinski definition) is 7. The quantitative estimate of drug-likeness (QED) is 0.262. The van der Waals surface area contributed by atoms with Crippen LogP contribution in [0, 0.1) is 11.6 Å². The number of nitrogens with one attached hydrogen (secondary N) is 3. The summed E-state index contributed by atoms with van der Waals surface area (Å²) in [6.07, 6.45) is 5.13. The maximum atomic E-state index is 14.8. The average Bonchev–Trinajstić information content (AvgIpc) is 3.38. The number of hydrogen-bond donors (Lipinski definition) is 3. The van der Waals surface area contributed by atoms with Crippen LogP contribution in [-0.4, -0.2) is 71.9 Å². The summed E-state index contributed by atoms with van der Waals surface area (Å²) in [5.74, 6) is -2.54. The van der Waals surface area contributed by atoms with E-state index in [-0.39, 0.29) is 29.7 Å². The van der Waals surface area contributed by atoms with Crippen molar-refractivity contribution in [3.63, 3.8) is 0 Å². The molecule has 3 N–H and O–H groups in total. The van der Waals surface area contributed by atoms with Crippen LogP contribution >= 0.6 is 0 Å². The molecule has 0 saturated heterocycles. The highest BCUT2D eigenvalue weighted by molar-refractivity contribution is 5.98. The number of benzene rings is 2. The molecule has 0 atom stereocenters. The fourth-order valence-corrected chi connectivity index (χ4v) is 4.15. The van der Waals surface area contributed by atoms with Crippen molar-refractivity contribution >= 4 is 29.0 Å². The SMILES string of the molecule is CCc1cc(Nc2nccn3c(-c4ccc(OC)c(F)c4F)cnc23)ccc1C(=O)NCC(=O)NCCN(C)C. The number of carbonyl (C=O) groups is 2. The van der Waals surface area contributed by atoms with Gasteiger partial charge in [0, 0.05) is 42.3 Å². The predicted molar refractivity (Wildman–Crippen MR) is 148 cm³/mol. The molecule has 0 spiro atoms. The van der Waals surface area contributed by atoms with Crippen molar-refractivity contribution in [1.29, 1.82) is 0 Å². The van der Waals surface area contributed by atoms with Crippen LogP contribution in [0.2, 0.25) is 0 Å². The van der Waals surface area contributed by atoms with Gasteiger partial charge in [-0.15, -0.1) is 0 Å². The number of nitrogens with zero attached hydrogens (tertiary/aromatic N) is 4. The number of rotatable bonds is 11. The van der Waals surface area contributed by atoms with E-state index in [2.05, 4.69) is 25.9 Å². The topological polar surface area (TPSA) is 113 Å². The maximum Gasteiger partial charge on any atom is 0.251 e. The Hall–Kier alpha value is -4.58. The van der Waals surface area contributed by atoms with Gasteiger partial charge in [-0.1, -0.05) is 6.92 Å². The van der Waals surface area contributed by atoms with Crippen LogP contribution in [0.4, 0.5) is 20.3 Å². The molecule has 2 aromatic carbocycles. The second-order valence-corrected chi connectivity index (χ2v) is 9.24. The highest BCUT2D eigenvalue weighted by atomic mass is 19.2. The second kappa shape index (κ2) is 12.5. The van der Waals surface area contributed by atoms with Crippen molar-refractivity contribution < 1.29 is 23.1 Å². The van der Waals surface area contributed by atoms with Crippen molar-refractivity contribution in [3.8, 4) is 17.0 Å². The molecule has 0 fully saturated rings. The fourth-order valence-electron chi connectivity index (χ4n) is 4.15. The standard InChI is InChI=1S/C28H31F2N7O3/c1-5-17-14-18(6-7-19(17)28(39)34-16-23(38)31-10-12-36(2)3)35-26-27-33-15-21(37(27)13-11-32-26)20-8-9-22(40-4)25(30)24(20)29/h6-9,11,13-15H,5,10,12,16H2,1-4H3,(H,31,38)(H,32,35)(H,34,39). The predicted octanol–water partition coefficient (Wildman–Crippen LogP) is 3.40. The van der Waals surface area contributed by atoms with Gasteiger partial charge in [0.25, 0.3) is 5.91 Å². The van der Waals surface area contributed by atoms with Gasteiger partial charge in [0.2, 0.25) is 11.7 Å². The Morgan fingerprint density at radius 2 is 1.88 bits per heavy atom. The summed E-state index contributed by atoms with van der Waals surface area (Å²) in [5.41, 5.74) is 2.64. The lowest BCUT2D eigenvalue weighted by atomic mass is 10.0. The van der Waals surface area contributed by atoms with Crippen LogP contribution in [0.25, 0.3) is 16.9 Å². The Kier molecular flexibility index (Phi) is 8.90. The van der Waals surface area contributed by atoms with E-state index in [1.165, 1.54) is 31.6 Å². The molecule has 2 heterocycles. The number of aryl methyl sites for hydroxylation is 1. The molecule has 40 heavy (non-hydrogen) atoms. The molecule has 0 unspecified atom stereocenters. The number of methoxy groups -OCH3 is 1. The van der Waals surface area contributed by atoms with E-state index in [1.807, 2.05) is 32.0 Å². The van der Waals surface area contributed by atoms with Gasteiger partial charge < -0.3 is 25.6 Å². The Morgan fingerprint density at radius 1 is 1.07 bits per heavy atom. The molecule has 0 radical (unpaired) electrons. The summed E-state index contributed by atoms with van der Waals surface area (Å²) in [4.78, 5) is 35.5. The third kappa shape index (κ3) is 6.18. The zero-order valence-electron chi connectivity index (χ0n) is 22.7. The minimum atomic E-state index is -1.08. The van der Waals surface area contributed by atoms with Crippen LogP contribution in [0.1, 0.15) is 22.8 Å². The molecule has 0 aliphatic carbocycles. The first-order valence-electron chi connectivity index (χ1n) is 12.7. The smallest absolute Gasteiger partial charge is 0.251 e. The molecule has 0 aliphatic heterocycles. The Balaban J connectivity index is 1.52. The Morgan fingerprint density at radius 3 is 2.60 bits per heavy atom. The normalized spacial score (nSPS) is 11.1. The van der Waals surface area contributed by atoms with E-state index in [0.29, 0.717) is 47.9 Å². The van der Waals surface area contributed by atoms with E-state index in [4.69, 9.17) is 4.74 Å². The lowest BCUT2D eigenvalue weighted by Crippen LogP contribution is -2.39. The van der Waals surface area contributed by atoms with Gasteiger partial charge in [0.1, 0.15) is 0 Å². The molecular weight excluding hydrogens is 520 g/mol. The molecule has 4 aromatic rings. The van der Waals surface area contributed by atoms with E-state index in [9.17, 15) is 18.4 Å². The molecule has 4 rings (SSSR count). The number of anilines is 2. The zero-order chi connectivity index (χ0) is 28.8. The van der Waals surface area contributed by atoms with E-state index in [0.717, 1.165) is 5.56 Å². The van der Waals surface area contributed by atoms with Gasteiger partial charge in [-0.25, -0.2) is 14.4 Å². The van der Waals surface area contributed by atoms with Gasteiger partial charge in [-0.3, -0.25) is 14.0 Å². The maximum absolute atomic E-state index is 14.8. The first-order valence-corrected chi connectivity index (χ1v) is 12.7. The minimum absolute atomic E-state index is 0.0259. The molecule has 2 aromatic heterocycles. The van der Waals surface area contributed by atoms with Crippen molar-refractivity contribution in [1.82, 2.24) is 29.9 Å². The van der Waals surface area contributed by atoms with Crippen LogP contribution in [-0.2, 0) is 11.2 Å². The number of aromatic nitrogens is 3. The lowest BCUT2D eigenvalue weighted by molar-refractivity contribution is -0.120. The number of fused-ring (bicyclic) bond motifs is 1. The molecule has 0 bridgehead atoms. The molecule has 210 valence electrons. The van der Waals surface area contributed by atoms with E-state index >= 15 is 0 Å². The van der Waals surface area contributed by atoms with E-state index in [1.54, 1.807) is 22.7 Å². The fraction of sp³-hybridized carbons (Fsp3) is 0.286. The first-order chi connectivity index (χ1) is 19.2. The lowest BCUT2D eigenvalue weighted by Gasteiger charge is -2.13. The third-order valence-corrected chi connectivity index (χ3v) is 6.25. The van der Waals surface area contributed by atoms with Crippen molar-refractivity contribution in [2.24, 2.45) is 0 Å². The van der Waals surface area contributed by atoms with Crippen LogP contribution in [0.3, 0.4) is 0 Å². The zero-order valence-corrected chi connectivity index (χ0v) is 22.7. The highest BCUT2D eigenvalue weighted by Gasteiger charge is 2.19. The van der Waals surface area contributed by atoms with Crippen molar-refractivity contribution in [3.05, 3.63) is 71.7 Å². The molecule has 0 saturated carbocycles. The van der Waals surface area contributed by atoms with Gasteiger partial charge in [0.05, 0.1) is 25.5 Å². The van der Waals surface area contributed by atoms with Crippen LogP contribution in [0.5, 0.6) is 5.75 Å². The molecule has 12 heteroatoms. The average molecular weight is 552 g/mol. The number of amides is 2. The number of likely N-dealkylation sites (N-methyl/N-ethyl adjacent to an activating group) is 1. The number of imidazole rings is 1.